The Morgan fingerprint density at radius 1 is 1.31 bits per heavy atom. The molecule has 158 valence electrons. The lowest BCUT2D eigenvalue weighted by molar-refractivity contribution is -0.208. The molecule has 0 saturated carbocycles. The Morgan fingerprint density at radius 3 is 2.69 bits per heavy atom. The maximum Gasteiger partial charge on any atom is 0.420 e. The molecule has 1 aliphatic heterocycles. The zero-order chi connectivity index (χ0) is 21.4. The molecule has 3 heterocycles. The fraction of sp³-hybridized carbons (Fsp3) is 0.526. The maximum absolute atomic E-state index is 12.9. The van der Waals surface area contributed by atoms with Crippen molar-refractivity contribution in [2.45, 2.75) is 58.2 Å². The largest absolute Gasteiger partial charge is 0.444 e. The molecule has 1 unspecified atom stereocenters. The molecule has 1 N–H and O–H groups in total. The van der Waals surface area contributed by atoms with Crippen molar-refractivity contribution in [2.75, 3.05) is 6.54 Å². The maximum atomic E-state index is 12.9. The summed E-state index contributed by atoms with van der Waals surface area (Å²) in [6.07, 6.45) is -4.64. The summed E-state index contributed by atoms with van der Waals surface area (Å²) in [5, 5.41) is 9.62. The van der Waals surface area contributed by atoms with Gasteiger partial charge in [0.2, 0.25) is 0 Å². The average molecular weight is 412 g/mol. The van der Waals surface area contributed by atoms with E-state index in [9.17, 15) is 23.1 Å². The highest BCUT2D eigenvalue weighted by molar-refractivity contribution is 5.68. The second kappa shape index (κ2) is 7.66. The van der Waals surface area contributed by atoms with E-state index in [0.717, 1.165) is 5.69 Å². The number of halogens is 3. The summed E-state index contributed by atoms with van der Waals surface area (Å²) in [5.41, 5.74) is 0.734. The number of amides is 1. The van der Waals surface area contributed by atoms with Gasteiger partial charge in [-0.15, -0.1) is 0 Å². The van der Waals surface area contributed by atoms with E-state index >= 15 is 0 Å². The van der Waals surface area contributed by atoms with Gasteiger partial charge in [0, 0.05) is 24.9 Å². The Balaban J connectivity index is 1.78. The van der Waals surface area contributed by atoms with E-state index in [1.54, 1.807) is 30.2 Å². The van der Waals surface area contributed by atoms with E-state index < -0.39 is 29.7 Å². The first-order chi connectivity index (χ1) is 13.5. The molecule has 1 aliphatic rings. The molecule has 0 aliphatic carbocycles. The molecule has 1 amide bonds. The number of fused-ring (bicyclic) bond motifs is 1. The summed E-state index contributed by atoms with van der Waals surface area (Å²) in [5.74, 6) is 0. The Bertz CT molecular complexity index is 890. The molecule has 1 atom stereocenters. The molecular weight excluding hydrogens is 389 g/mol. The molecule has 0 saturated heterocycles. The number of rotatable bonds is 3. The second-order valence-electron chi connectivity index (χ2n) is 7.91. The van der Waals surface area contributed by atoms with Gasteiger partial charge in [0.05, 0.1) is 30.8 Å². The lowest BCUT2D eigenvalue weighted by Gasteiger charge is -2.30. The zero-order valence-electron chi connectivity index (χ0n) is 16.4. The minimum absolute atomic E-state index is 0.0884. The van der Waals surface area contributed by atoms with Crippen molar-refractivity contribution in [2.24, 2.45) is 0 Å². The third-order valence-corrected chi connectivity index (χ3v) is 4.48. The average Bonchev–Trinajstić information content (AvgIpc) is 3.01. The Hall–Kier alpha value is -2.62. The van der Waals surface area contributed by atoms with Crippen LogP contribution in [0.5, 0.6) is 0 Å². The van der Waals surface area contributed by atoms with Gasteiger partial charge in [-0.25, -0.2) is 9.78 Å². The van der Waals surface area contributed by atoms with Crippen LogP contribution in [0.1, 0.15) is 49.5 Å². The van der Waals surface area contributed by atoms with Crippen LogP contribution in [0.3, 0.4) is 0 Å². The van der Waals surface area contributed by atoms with Crippen LogP contribution in [-0.4, -0.2) is 49.0 Å². The first kappa shape index (κ1) is 21.1. The van der Waals surface area contributed by atoms with Crippen molar-refractivity contribution in [1.29, 1.82) is 0 Å². The lowest BCUT2D eigenvalue weighted by atomic mass is 10.1. The number of imidazole rings is 1. The quantitative estimate of drug-likeness (QED) is 0.837. The van der Waals surface area contributed by atoms with Crippen LogP contribution in [-0.2, 0) is 24.2 Å². The molecule has 0 radical (unpaired) electrons. The number of hydrogen-bond acceptors (Lipinski definition) is 5. The molecule has 2 aromatic rings. The number of pyridine rings is 1. The minimum Gasteiger partial charge on any atom is -0.444 e. The molecular formula is C19H23F3N4O3. The number of aliphatic hydroxyl groups excluding tert-OH is 1. The minimum atomic E-state index is -4.80. The smallest absolute Gasteiger partial charge is 0.420 e. The van der Waals surface area contributed by atoms with E-state index in [2.05, 4.69) is 9.97 Å². The van der Waals surface area contributed by atoms with Crippen LogP contribution in [0.4, 0.5) is 18.0 Å². The van der Waals surface area contributed by atoms with E-state index in [4.69, 9.17) is 4.74 Å². The van der Waals surface area contributed by atoms with Gasteiger partial charge in [0.15, 0.2) is 6.10 Å². The molecule has 2 aromatic heterocycles. The number of aliphatic hydroxyl groups is 1. The molecule has 3 rings (SSSR count). The van der Waals surface area contributed by atoms with Gasteiger partial charge in [-0.3, -0.25) is 4.98 Å². The van der Waals surface area contributed by atoms with E-state index in [-0.39, 0.29) is 18.7 Å². The van der Waals surface area contributed by atoms with Crippen LogP contribution in [0.25, 0.3) is 0 Å². The number of aromatic nitrogens is 3. The third kappa shape index (κ3) is 4.87. The van der Waals surface area contributed by atoms with Gasteiger partial charge >= 0.3 is 12.3 Å². The van der Waals surface area contributed by atoms with Crippen LogP contribution in [0, 0.1) is 0 Å². The molecule has 0 spiro atoms. The second-order valence-corrected chi connectivity index (χ2v) is 7.91. The number of nitrogens with zero attached hydrogens (tertiary/aromatic N) is 4. The number of hydrogen-bond donors (Lipinski definition) is 1. The number of carbonyl (C=O) groups excluding carboxylic acids is 1. The number of carbonyl (C=O) groups is 1. The normalized spacial score (nSPS) is 15.8. The lowest BCUT2D eigenvalue weighted by Crippen LogP contribution is -2.40. The third-order valence-electron chi connectivity index (χ3n) is 4.48. The monoisotopic (exact) mass is 412 g/mol. The van der Waals surface area contributed by atoms with Crippen molar-refractivity contribution < 1.29 is 27.8 Å². The van der Waals surface area contributed by atoms with Crippen molar-refractivity contribution in [3.8, 4) is 0 Å². The van der Waals surface area contributed by atoms with Crippen molar-refractivity contribution in [1.82, 2.24) is 19.4 Å². The summed E-state index contributed by atoms with van der Waals surface area (Å²) in [6, 6.07) is 3.02. The summed E-state index contributed by atoms with van der Waals surface area (Å²) in [6.45, 7) is 6.13. The number of ether oxygens (including phenoxy) is 1. The van der Waals surface area contributed by atoms with E-state index in [0.29, 0.717) is 18.7 Å². The highest BCUT2D eigenvalue weighted by Gasteiger charge is 2.41. The molecule has 0 aromatic carbocycles. The fourth-order valence-electron chi connectivity index (χ4n) is 3.16. The fourth-order valence-corrected chi connectivity index (χ4v) is 3.16. The summed E-state index contributed by atoms with van der Waals surface area (Å²) >= 11 is 0. The van der Waals surface area contributed by atoms with Gasteiger partial charge in [0.1, 0.15) is 5.60 Å². The van der Waals surface area contributed by atoms with Crippen molar-refractivity contribution in [3.05, 3.63) is 47.3 Å². The predicted octanol–water partition coefficient (Wildman–Crippen LogP) is 3.22. The van der Waals surface area contributed by atoms with Gasteiger partial charge < -0.3 is 19.3 Å². The van der Waals surface area contributed by atoms with Crippen molar-refractivity contribution >= 4 is 6.09 Å². The molecule has 29 heavy (non-hydrogen) atoms. The topological polar surface area (TPSA) is 80.5 Å². The molecule has 10 heteroatoms. The Morgan fingerprint density at radius 2 is 2.03 bits per heavy atom. The van der Waals surface area contributed by atoms with Crippen LogP contribution < -0.4 is 0 Å². The first-order valence-electron chi connectivity index (χ1n) is 9.15. The SMILES string of the molecule is CC(C)(C)OC(=O)N1CCc2c(ncn2Cc2cccnc2C(O)C(F)(F)F)C1. The van der Waals surface area contributed by atoms with Gasteiger partial charge in [-0.2, -0.15) is 13.2 Å². The molecule has 0 bridgehead atoms. The van der Waals surface area contributed by atoms with Gasteiger partial charge in [-0.05, 0) is 32.4 Å². The molecule has 0 fully saturated rings. The predicted molar refractivity (Wildman–Crippen MR) is 96.9 cm³/mol. The summed E-state index contributed by atoms with van der Waals surface area (Å²) in [4.78, 5) is 21.9. The van der Waals surface area contributed by atoms with Crippen LogP contribution >= 0.6 is 0 Å². The standard InChI is InChI=1S/C19H23F3N4O3/c1-18(2,3)29-17(28)25-8-6-14-13(10-25)24-11-26(14)9-12-5-4-7-23-15(12)16(27)19(20,21)22/h4-5,7,11,16,27H,6,8-10H2,1-3H3. The van der Waals surface area contributed by atoms with E-state index in [1.807, 2.05) is 0 Å². The van der Waals surface area contributed by atoms with E-state index in [1.165, 1.54) is 24.7 Å². The van der Waals surface area contributed by atoms with Gasteiger partial charge in [-0.1, -0.05) is 6.07 Å². The summed E-state index contributed by atoms with van der Waals surface area (Å²) in [7, 11) is 0. The van der Waals surface area contributed by atoms with Crippen LogP contribution in [0.2, 0.25) is 0 Å². The van der Waals surface area contributed by atoms with Crippen molar-refractivity contribution in [3.63, 3.8) is 0 Å². The molecule has 7 nitrogen and oxygen atoms in total. The Kier molecular flexibility index (Phi) is 5.57. The first-order valence-corrected chi connectivity index (χ1v) is 9.15. The number of alkyl halides is 3. The highest BCUT2D eigenvalue weighted by Crippen LogP contribution is 2.33. The van der Waals surface area contributed by atoms with Crippen LogP contribution in [0.15, 0.2) is 24.7 Å². The van der Waals surface area contributed by atoms with Gasteiger partial charge in [0.25, 0.3) is 0 Å². The highest BCUT2D eigenvalue weighted by atomic mass is 19.4. The zero-order valence-corrected chi connectivity index (χ0v) is 16.4. The Labute approximate surface area is 166 Å². The summed E-state index contributed by atoms with van der Waals surface area (Å²) < 4.78 is 45.9.